The molecule has 4 N–H and O–H groups in total. The van der Waals surface area contributed by atoms with Crippen LogP contribution in [0.2, 0.25) is 0 Å². The van der Waals surface area contributed by atoms with Gasteiger partial charge in [-0.2, -0.15) is 9.78 Å². The summed E-state index contributed by atoms with van der Waals surface area (Å²) in [6.45, 7) is 3.31. The fraction of sp³-hybridized carbons (Fsp3) is 0.333. The van der Waals surface area contributed by atoms with E-state index in [1.54, 1.807) is 13.8 Å². The van der Waals surface area contributed by atoms with Crippen LogP contribution in [0.1, 0.15) is 26.0 Å². The first-order valence-corrected chi connectivity index (χ1v) is 6.76. The maximum atomic E-state index is 11.7. The Bertz CT molecular complexity index is 852. The van der Waals surface area contributed by atoms with Crippen molar-refractivity contribution in [2.75, 3.05) is 6.54 Å². The van der Waals surface area contributed by atoms with Crippen molar-refractivity contribution in [2.24, 2.45) is 4.99 Å². The van der Waals surface area contributed by atoms with Gasteiger partial charge in [-0.1, -0.05) is 17.9 Å². The van der Waals surface area contributed by atoms with Gasteiger partial charge in [0.05, 0.1) is 0 Å². The molecule has 0 aromatic carbocycles. The number of carbonyl (C=O) groups excluding carboxylic acids is 1. The second-order valence-corrected chi connectivity index (χ2v) is 4.31. The zero-order valence-corrected chi connectivity index (χ0v) is 12.8. The van der Waals surface area contributed by atoms with Crippen molar-refractivity contribution in [3.05, 3.63) is 16.2 Å². The van der Waals surface area contributed by atoms with Gasteiger partial charge in [-0.05, 0) is 18.1 Å². The maximum Gasteiger partial charge on any atom is 0.336 e. The molecule has 0 unspecified atom stereocenters. The molecule has 0 atom stereocenters. The Morgan fingerprint density at radius 1 is 1.54 bits per heavy atom. The number of carbonyl (C=O) groups is 1. The van der Waals surface area contributed by atoms with Crippen LogP contribution in [0.25, 0.3) is 5.95 Å². The van der Waals surface area contributed by atoms with Gasteiger partial charge in [0, 0.05) is 6.42 Å². The summed E-state index contributed by atoms with van der Waals surface area (Å²) in [5.74, 6) is 4.58. The molecule has 0 saturated heterocycles. The summed E-state index contributed by atoms with van der Waals surface area (Å²) >= 11 is 0. The predicted molar refractivity (Wildman–Crippen MR) is 80.2 cm³/mol. The van der Waals surface area contributed by atoms with Crippen LogP contribution < -0.4 is 11.2 Å². The Kier molecular flexibility index (Phi) is 5.29. The Morgan fingerprint density at radius 2 is 2.33 bits per heavy atom. The Hall–Kier alpha value is -3.62. The van der Waals surface area contributed by atoms with Crippen LogP contribution >= 0.6 is 0 Å². The first-order chi connectivity index (χ1) is 11.5. The van der Waals surface area contributed by atoms with Crippen molar-refractivity contribution in [1.29, 1.82) is 0 Å². The molecule has 0 saturated carbocycles. The molecule has 0 aliphatic rings. The minimum absolute atomic E-state index is 0.0111. The van der Waals surface area contributed by atoms with Gasteiger partial charge in [0.1, 0.15) is 12.4 Å². The number of rotatable bonds is 3. The molecule has 0 aliphatic heterocycles. The van der Waals surface area contributed by atoms with Crippen LogP contribution in [0.3, 0.4) is 0 Å². The lowest BCUT2D eigenvalue weighted by atomic mass is 10.4. The van der Waals surface area contributed by atoms with Crippen molar-refractivity contribution >= 4 is 11.8 Å². The van der Waals surface area contributed by atoms with E-state index in [1.165, 1.54) is 0 Å². The molecule has 2 heterocycles. The number of tetrazole rings is 1. The highest BCUT2D eigenvalue weighted by Crippen LogP contribution is 2.13. The molecule has 12 heteroatoms. The summed E-state index contributed by atoms with van der Waals surface area (Å²) in [6, 6.07) is 0. The molecule has 0 fully saturated rings. The lowest BCUT2D eigenvalue weighted by molar-refractivity contribution is -0.147. The van der Waals surface area contributed by atoms with Gasteiger partial charge in [-0.25, -0.2) is 15.1 Å². The smallest absolute Gasteiger partial charge is 0.336 e. The van der Waals surface area contributed by atoms with Gasteiger partial charge < -0.3 is 9.94 Å². The molecule has 2 aromatic heterocycles. The largest absolute Gasteiger partial charge is 0.492 e. The third kappa shape index (κ3) is 3.97. The summed E-state index contributed by atoms with van der Waals surface area (Å²) in [4.78, 5) is 33.7. The SMILES string of the molecule is CCC(=O)ONC(C)=NCC#Cc1[nH]c(=O)n(-c2nn[nH]n2)c1O. The van der Waals surface area contributed by atoms with Gasteiger partial charge in [0.15, 0.2) is 5.69 Å². The highest BCUT2D eigenvalue weighted by molar-refractivity contribution is 5.80. The Balaban J connectivity index is 2.03. The van der Waals surface area contributed by atoms with Crippen LogP contribution in [0.4, 0.5) is 0 Å². The van der Waals surface area contributed by atoms with Gasteiger partial charge in [0.2, 0.25) is 5.88 Å². The number of nitrogens with zero attached hydrogens (tertiary/aromatic N) is 5. The zero-order chi connectivity index (χ0) is 17.5. The van der Waals surface area contributed by atoms with Crippen molar-refractivity contribution in [2.45, 2.75) is 20.3 Å². The van der Waals surface area contributed by atoms with Crippen molar-refractivity contribution < 1.29 is 14.7 Å². The molecule has 0 amide bonds. The Labute approximate surface area is 134 Å². The highest BCUT2D eigenvalue weighted by atomic mass is 16.7. The first-order valence-electron chi connectivity index (χ1n) is 6.76. The molecule has 2 aromatic rings. The van der Waals surface area contributed by atoms with E-state index in [1.807, 2.05) is 0 Å². The number of hydrogen-bond acceptors (Lipinski definition) is 8. The monoisotopic (exact) mass is 334 g/mol. The molecular weight excluding hydrogens is 320 g/mol. The average Bonchev–Trinajstić information content (AvgIpc) is 3.17. The van der Waals surface area contributed by atoms with Crippen LogP contribution in [0.15, 0.2) is 9.79 Å². The molecule has 12 nitrogen and oxygen atoms in total. The molecular formula is C12H14N8O4. The minimum atomic E-state index is -0.661. The molecule has 0 radical (unpaired) electrons. The summed E-state index contributed by atoms with van der Waals surface area (Å²) in [5, 5.41) is 22.6. The summed E-state index contributed by atoms with van der Waals surface area (Å²) in [7, 11) is 0. The van der Waals surface area contributed by atoms with E-state index in [4.69, 9.17) is 0 Å². The first kappa shape index (κ1) is 16.7. The minimum Gasteiger partial charge on any atom is -0.492 e. The average molecular weight is 334 g/mol. The van der Waals surface area contributed by atoms with E-state index in [2.05, 4.69) is 52.8 Å². The van der Waals surface area contributed by atoms with E-state index < -0.39 is 17.5 Å². The van der Waals surface area contributed by atoms with E-state index in [0.29, 0.717) is 5.84 Å². The normalized spacial score (nSPS) is 10.8. The summed E-state index contributed by atoms with van der Waals surface area (Å²) in [5.41, 5.74) is 1.70. The fourth-order valence-electron chi connectivity index (χ4n) is 1.47. The number of aromatic amines is 2. The molecule has 24 heavy (non-hydrogen) atoms. The van der Waals surface area contributed by atoms with E-state index in [9.17, 15) is 14.7 Å². The number of imidazole rings is 1. The molecule has 0 bridgehead atoms. The fourth-order valence-corrected chi connectivity index (χ4v) is 1.47. The van der Waals surface area contributed by atoms with E-state index in [-0.39, 0.29) is 24.6 Å². The predicted octanol–water partition coefficient (Wildman–Crippen LogP) is -1.39. The number of H-pyrrole nitrogens is 2. The van der Waals surface area contributed by atoms with E-state index in [0.717, 1.165) is 4.57 Å². The molecule has 2 rings (SSSR count). The van der Waals surface area contributed by atoms with Crippen LogP contribution in [0.5, 0.6) is 5.88 Å². The second kappa shape index (κ2) is 7.58. The van der Waals surface area contributed by atoms with Gasteiger partial charge >= 0.3 is 11.7 Å². The van der Waals surface area contributed by atoms with Crippen LogP contribution in [0, 0.1) is 11.8 Å². The number of hydrogen-bond donors (Lipinski definition) is 4. The van der Waals surface area contributed by atoms with Crippen molar-refractivity contribution in [3.63, 3.8) is 0 Å². The van der Waals surface area contributed by atoms with Gasteiger partial charge in [-0.3, -0.25) is 9.98 Å². The summed E-state index contributed by atoms with van der Waals surface area (Å²) < 4.78 is 0.813. The molecule has 126 valence electrons. The van der Waals surface area contributed by atoms with Crippen LogP contribution in [-0.2, 0) is 9.63 Å². The molecule has 0 aliphatic carbocycles. The number of aliphatic imine (C=N–C) groups is 1. The lowest BCUT2D eigenvalue weighted by Crippen LogP contribution is -2.24. The second-order valence-electron chi connectivity index (χ2n) is 4.31. The Morgan fingerprint density at radius 3 is 3.00 bits per heavy atom. The van der Waals surface area contributed by atoms with Crippen molar-refractivity contribution in [1.82, 2.24) is 35.7 Å². The highest BCUT2D eigenvalue weighted by Gasteiger charge is 2.15. The third-order valence-corrected chi connectivity index (χ3v) is 2.61. The zero-order valence-electron chi connectivity index (χ0n) is 12.8. The quantitative estimate of drug-likeness (QED) is 0.231. The molecule has 0 spiro atoms. The summed E-state index contributed by atoms with van der Waals surface area (Å²) in [6.07, 6.45) is 0.240. The van der Waals surface area contributed by atoms with E-state index >= 15 is 0 Å². The van der Waals surface area contributed by atoms with Crippen LogP contribution in [-0.4, -0.2) is 53.6 Å². The lowest BCUT2D eigenvalue weighted by Gasteiger charge is -2.03. The number of aromatic nitrogens is 6. The topological polar surface area (TPSA) is 163 Å². The van der Waals surface area contributed by atoms with Crippen molar-refractivity contribution in [3.8, 4) is 23.7 Å². The number of nitrogens with one attached hydrogen (secondary N) is 3. The van der Waals surface area contributed by atoms with Gasteiger partial charge in [0.25, 0.3) is 5.95 Å². The standard InChI is InChI=1S/C12H14N8O4/c1-3-9(21)24-17-7(2)13-6-4-5-8-10(22)20(12(23)14-8)11-15-18-19-16-11/h22H,3,6H2,1-2H3,(H,13,17)(H,14,23)(H,15,16,18,19). The number of aromatic hydroxyl groups is 1. The number of hydroxylamine groups is 1. The number of amidine groups is 1. The third-order valence-electron chi connectivity index (χ3n) is 2.61. The van der Waals surface area contributed by atoms with Gasteiger partial charge in [-0.15, -0.1) is 5.10 Å². The maximum absolute atomic E-state index is 11.7.